The lowest BCUT2D eigenvalue weighted by molar-refractivity contribution is -0.154. The number of anilines is 3. The van der Waals surface area contributed by atoms with Crippen molar-refractivity contribution in [2.75, 3.05) is 35.7 Å². The molecule has 27 heavy (non-hydrogen) atoms. The van der Waals surface area contributed by atoms with Crippen LogP contribution in [0.15, 0.2) is 0 Å². The Morgan fingerprint density at radius 1 is 1.07 bits per heavy atom. The number of unbranched alkanes of at least 4 members (excludes halogenated alkanes) is 2. The van der Waals surface area contributed by atoms with E-state index >= 15 is 0 Å². The quantitative estimate of drug-likeness (QED) is 0.139. The normalized spacial score (nSPS) is 11.4. The molecule has 1 heterocycles. The number of aromatic nitrogens is 3. The number of hydroxylamine groups is 2. The zero-order chi connectivity index (χ0) is 20.1. The largest absolute Gasteiger partial charge is 0.354 e. The van der Waals surface area contributed by atoms with E-state index in [0.717, 1.165) is 19.3 Å². The van der Waals surface area contributed by atoms with Crippen molar-refractivity contribution >= 4 is 30.2 Å². The summed E-state index contributed by atoms with van der Waals surface area (Å²) >= 11 is 0. The molecule has 11 nitrogen and oxygen atoms in total. The number of hydrogen-bond donors (Lipinski definition) is 5. The lowest BCUT2D eigenvalue weighted by atomic mass is 10.0. The van der Waals surface area contributed by atoms with Crippen LogP contribution in [0.1, 0.15) is 46.5 Å². The highest BCUT2D eigenvalue weighted by Crippen LogP contribution is 2.12. The first kappa shape index (κ1) is 22.4. The summed E-state index contributed by atoms with van der Waals surface area (Å²) in [5.41, 5.74) is 5.22. The van der Waals surface area contributed by atoms with Crippen molar-refractivity contribution in [2.24, 2.45) is 5.92 Å². The van der Waals surface area contributed by atoms with Crippen LogP contribution in [0.4, 0.5) is 17.8 Å². The molecule has 1 rings (SSSR count). The third kappa shape index (κ3) is 8.49. The Hall–Kier alpha value is -2.69. The molecule has 0 spiro atoms. The molecule has 0 aromatic carbocycles. The molecule has 0 radical (unpaired) electrons. The van der Waals surface area contributed by atoms with Crippen LogP contribution in [0, 0.1) is 5.92 Å². The van der Waals surface area contributed by atoms with Gasteiger partial charge in [0, 0.05) is 13.1 Å². The highest BCUT2D eigenvalue weighted by Gasteiger charge is 2.21. The standard InChI is InChI=1S/C16H30N8O3/c1-4-7-8-9-12(10-24(27)11-25)13(26)22-23-16-20-14(17-5-2)19-15(21-16)18-6-3/h11-12,27H,4-10H2,1-3H3,(H,22,26)(H3,17,18,19,20,21,23)/t12-/m0/s1. The number of amides is 2. The van der Waals surface area contributed by atoms with Crippen LogP contribution >= 0.6 is 0 Å². The summed E-state index contributed by atoms with van der Waals surface area (Å²) in [7, 11) is 0. The molecule has 0 unspecified atom stereocenters. The molecule has 1 atom stereocenters. The van der Waals surface area contributed by atoms with Gasteiger partial charge in [-0.15, -0.1) is 0 Å². The fourth-order valence-electron chi connectivity index (χ4n) is 2.34. The molecule has 5 N–H and O–H groups in total. The van der Waals surface area contributed by atoms with Gasteiger partial charge in [0.2, 0.25) is 30.2 Å². The van der Waals surface area contributed by atoms with Crippen molar-refractivity contribution in [3.63, 3.8) is 0 Å². The minimum absolute atomic E-state index is 0.0801. The second-order valence-corrected chi connectivity index (χ2v) is 5.90. The number of nitrogens with zero attached hydrogens (tertiary/aromatic N) is 4. The molecule has 0 saturated carbocycles. The van der Waals surface area contributed by atoms with E-state index in [4.69, 9.17) is 0 Å². The van der Waals surface area contributed by atoms with Crippen molar-refractivity contribution in [1.82, 2.24) is 25.4 Å². The average Bonchev–Trinajstić information content (AvgIpc) is 2.65. The third-order valence-electron chi connectivity index (χ3n) is 3.66. The molecule has 0 fully saturated rings. The van der Waals surface area contributed by atoms with Gasteiger partial charge in [-0.2, -0.15) is 15.0 Å². The summed E-state index contributed by atoms with van der Waals surface area (Å²) < 4.78 is 0. The van der Waals surface area contributed by atoms with Gasteiger partial charge in [0.15, 0.2) is 0 Å². The molecule has 2 amide bonds. The van der Waals surface area contributed by atoms with Crippen LogP contribution in [-0.2, 0) is 9.59 Å². The van der Waals surface area contributed by atoms with E-state index in [0.29, 0.717) is 36.5 Å². The molecular weight excluding hydrogens is 352 g/mol. The Bertz CT molecular complexity index is 563. The van der Waals surface area contributed by atoms with Gasteiger partial charge in [-0.3, -0.25) is 25.6 Å². The SMILES string of the molecule is CCCCC[C@@H](CN(O)C=O)C(=O)NNc1nc(NCC)nc(NCC)n1. The zero-order valence-corrected chi connectivity index (χ0v) is 16.2. The zero-order valence-electron chi connectivity index (χ0n) is 16.2. The second kappa shape index (κ2) is 12.6. The van der Waals surface area contributed by atoms with E-state index in [1.807, 2.05) is 13.8 Å². The maximum Gasteiger partial charge on any atom is 0.248 e. The van der Waals surface area contributed by atoms with Gasteiger partial charge in [0.1, 0.15) is 0 Å². The molecule has 0 aliphatic heterocycles. The van der Waals surface area contributed by atoms with Crippen molar-refractivity contribution in [2.45, 2.75) is 46.5 Å². The lowest BCUT2D eigenvalue weighted by Crippen LogP contribution is -2.40. The van der Waals surface area contributed by atoms with Crippen LogP contribution in [0.2, 0.25) is 0 Å². The molecule has 1 aromatic heterocycles. The van der Waals surface area contributed by atoms with Crippen molar-refractivity contribution in [3.8, 4) is 0 Å². The summed E-state index contributed by atoms with van der Waals surface area (Å²) in [5, 5.41) is 15.9. The van der Waals surface area contributed by atoms with Gasteiger partial charge >= 0.3 is 0 Å². The third-order valence-corrected chi connectivity index (χ3v) is 3.66. The monoisotopic (exact) mass is 382 g/mol. The summed E-state index contributed by atoms with van der Waals surface area (Å²) in [5.74, 6) is 0.0168. The van der Waals surface area contributed by atoms with Gasteiger partial charge < -0.3 is 10.6 Å². The number of nitrogens with one attached hydrogen (secondary N) is 4. The van der Waals surface area contributed by atoms with E-state index in [2.05, 4.69) is 43.4 Å². The summed E-state index contributed by atoms with van der Waals surface area (Å²) in [6.45, 7) is 7.09. The Kier molecular flexibility index (Phi) is 10.5. The first-order chi connectivity index (χ1) is 13.0. The summed E-state index contributed by atoms with van der Waals surface area (Å²) in [4.78, 5) is 35.7. The fourth-order valence-corrected chi connectivity index (χ4v) is 2.34. The number of hydrogen-bond acceptors (Lipinski definition) is 9. The molecule has 0 saturated heterocycles. The van der Waals surface area contributed by atoms with Crippen LogP contribution in [0.5, 0.6) is 0 Å². The Morgan fingerprint density at radius 3 is 2.19 bits per heavy atom. The predicted octanol–water partition coefficient (Wildman–Crippen LogP) is 1.22. The smallest absolute Gasteiger partial charge is 0.248 e. The minimum Gasteiger partial charge on any atom is -0.354 e. The first-order valence-corrected chi connectivity index (χ1v) is 9.24. The predicted molar refractivity (Wildman–Crippen MR) is 102 cm³/mol. The number of carbonyl (C=O) groups is 2. The number of rotatable bonds is 14. The van der Waals surface area contributed by atoms with Gasteiger partial charge in [-0.1, -0.05) is 26.2 Å². The van der Waals surface area contributed by atoms with E-state index in [1.165, 1.54) is 0 Å². The molecule has 0 aliphatic carbocycles. The van der Waals surface area contributed by atoms with E-state index in [9.17, 15) is 14.8 Å². The van der Waals surface area contributed by atoms with Crippen molar-refractivity contribution in [1.29, 1.82) is 0 Å². The molecule has 152 valence electrons. The molecular formula is C16H30N8O3. The average molecular weight is 382 g/mol. The van der Waals surface area contributed by atoms with Gasteiger partial charge in [0.05, 0.1) is 12.5 Å². The highest BCUT2D eigenvalue weighted by atomic mass is 16.5. The number of hydrazine groups is 1. The Balaban J connectivity index is 2.75. The van der Waals surface area contributed by atoms with Gasteiger partial charge in [-0.05, 0) is 20.3 Å². The van der Waals surface area contributed by atoms with E-state index < -0.39 is 5.92 Å². The fraction of sp³-hybridized carbons (Fsp3) is 0.688. The van der Waals surface area contributed by atoms with E-state index in [1.54, 1.807) is 0 Å². The Morgan fingerprint density at radius 2 is 1.67 bits per heavy atom. The van der Waals surface area contributed by atoms with Crippen molar-refractivity contribution in [3.05, 3.63) is 0 Å². The number of carbonyl (C=O) groups excluding carboxylic acids is 2. The van der Waals surface area contributed by atoms with Gasteiger partial charge in [-0.25, -0.2) is 5.06 Å². The topological polar surface area (TPSA) is 144 Å². The van der Waals surface area contributed by atoms with Gasteiger partial charge in [0.25, 0.3) is 0 Å². The van der Waals surface area contributed by atoms with E-state index in [-0.39, 0.29) is 24.8 Å². The summed E-state index contributed by atoms with van der Waals surface area (Å²) in [6, 6.07) is 0. The lowest BCUT2D eigenvalue weighted by Gasteiger charge is -2.19. The molecule has 0 aliphatic rings. The Labute approximate surface area is 159 Å². The highest BCUT2D eigenvalue weighted by molar-refractivity contribution is 5.80. The first-order valence-electron chi connectivity index (χ1n) is 9.24. The van der Waals surface area contributed by atoms with Crippen LogP contribution in [-0.4, -0.2) is 57.2 Å². The molecule has 0 bridgehead atoms. The minimum atomic E-state index is -0.553. The molecule has 1 aromatic rings. The maximum atomic E-state index is 12.5. The van der Waals surface area contributed by atoms with Crippen LogP contribution in [0.25, 0.3) is 0 Å². The van der Waals surface area contributed by atoms with Crippen molar-refractivity contribution < 1.29 is 14.8 Å². The second-order valence-electron chi connectivity index (χ2n) is 5.90. The summed E-state index contributed by atoms with van der Waals surface area (Å²) in [6.07, 6.45) is 3.63. The maximum absolute atomic E-state index is 12.5. The molecule has 11 heteroatoms. The van der Waals surface area contributed by atoms with Crippen LogP contribution < -0.4 is 21.5 Å². The van der Waals surface area contributed by atoms with Crippen LogP contribution in [0.3, 0.4) is 0 Å².